The molecule has 0 bridgehead atoms. The number of benzene rings is 2. The number of methoxy groups -OCH3 is 1. The molecule has 0 saturated heterocycles. The highest BCUT2D eigenvalue weighted by molar-refractivity contribution is 5.76. The quantitative estimate of drug-likeness (QED) is 0.590. The van der Waals surface area contributed by atoms with Crippen molar-refractivity contribution >= 4 is 22.5 Å². The summed E-state index contributed by atoms with van der Waals surface area (Å²) in [4.78, 5) is 21.8. The van der Waals surface area contributed by atoms with Crippen LogP contribution in [0.5, 0.6) is 5.75 Å². The third kappa shape index (κ3) is 3.50. The van der Waals surface area contributed by atoms with Crippen LogP contribution in [-0.2, 0) is 6.54 Å². The maximum Gasteiger partial charge on any atom is 0.294 e. The van der Waals surface area contributed by atoms with Crippen LogP contribution in [0.15, 0.2) is 77.9 Å². The van der Waals surface area contributed by atoms with E-state index in [1.807, 2.05) is 54.6 Å². The summed E-state index contributed by atoms with van der Waals surface area (Å²) < 4.78 is 6.93. The zero-order valence-corrected chi connectivity index (χ0v) is 14.8. The second kappa shape index (κ2) is 7.29. The minimum atomic E-state index is -0.206. The van der Waals surface area contributed by atoms with Crippen molar-refractivity contribution < 1.29 is 4.74 Å². The highest BCUT2D eigenvalue weighted by atomic mass is 16.5. The fraction of sp³-hybridized carbons (Fsp3) is 0.0952. The molecule has 2 aromatic heterocycles. The Hall–Kier alpha value is -3.67. The molecule has 27 heavy (non-hydrogen) atoms. The monoisotopic (exact) mass is 358 g/mol. The van der Waals surface area contributed by atoms with E-state index in [0.29, 0.717) is 23.3 Å². The summed E-state index contributed by atoms with van der Waals surface area (Å²) in [5, 5.41) is 3.12. The van der Waals surface area contributed by atoms with Crippen molar-refractivity contribution in [2.75, 3.05) is 12.4 Å². The smallest absolute Gasteiger partial charge is 0.294 e. The minimum absolute atomic E-state index is 0.206. The minimum Gasteiger partial charge on any atom is -0.497 e. The average Bonchev–Trinajstić information content (AvgIpc) is 2.72. The van der Waals surface area contributed by atoms with Gasteiger partial charge in [0.1, 0.15) is 5.75 Å². The number of hydrogen-bond acceptors (Lipinski definition) is 5. The molecular weight excluding hydrogens is 340 g/mol. The van der Waals surface area contributed by atoms with Crippen LogP contribution in [0.25, 0.3) is 11.0 Å². The van der Waals surface area contributed by atoms with Gasteiger partial charge in [-0.3, -0.25) is 14.3 Å². The Balaban J connectivity index is 1.81. The summed E-state index contributed by atoms with van der Waals surface area (Å²) in [6.45, 7) is 0.442. The van der Waals surface area contributed by atoms with Gasteiger partial charge in [0.05, 0.1) is 30.9 Å². The first-order chi connectivity index (χ1) is 13.2. The van der Waals surface area contributed by atoms with Crippen LogP contribution in [-0.4, -0.2) is 21.6 Å². The zero-order chi connectivity index (χ0) is 18.6. The SMILES string of the molecule is COc1cccc(Nc2nc3ccncc3n(Cc3ccccc3)c2=O)c1. The molecule has 0 unspecified atom stereocenters. The number of rotatable bonds is 5. The first-order valence-corrected chi connectivity index (χ1v) is 8.54. The highest BCUT2D eigenvalue weighted by Crippen LogP contribution is 2.20. The Kier molecular flexibility index (Phi) is 4.53. The van der Waals surface area contributed by atoms with Gasteiger partial charge in [0.2, 0.25) is 0 Å². The Labute approximate surface area is 156 Å². The summed E-state index contributed by atoms with van der Waals surface area (Å²) in [6, 6.07) is 19.0. The van der Waals surface area contributed by atoms with Crippen molar-refractivity contribution in [3.63, 3.8) is 0 Å². The Morgan fingerprint density at radius 1 is 1.07 bits per heavy atom. The molecule has 0 fully saturated rings. The molecule has 6 heteroatoms. The fourth-order valence-electron chi connectivity index (χ4n) is 2.93. The summed E-state index contributed by atoms with van der Waals surface area (Å²) in [7, 11) is 1.60. The topological polar surface area (TPSA) is 69.0 Å². The Morgan fingerprint density at radius 2 is 1.93 bits per heavy atom. The van der Waals surface area contributed by atoms with Gasteiger partial charge in [-0.2, -0.15) is 0 Å². The van der Waals surface area contributed by atoms with E-state index >= 15 is 0 Å². The molecule has 0 spiro atoms. The molecule has 4 aromatic rings. The number of nitrogens with zero attached hydrogens (tertiary/aromatic N) is 3. The van der Waals surface area contributed by atoms with Crippen molar-refractivity contribution in [1.29, 1.82) is 0 Å². The second-order valence-electron chi connectivity index (χ2n) is 6.06. The lowest BCUT2D eigenvalue weighted by Crippen LogP contribution is -2.25. The molecule has 0 aliphatic rings. The number of fused-ring (bicyclic) bond motifs is 1. The molecule has 0 aliphatic heterocycles. The highest BCUT2D eigenvalue weighted by Gasteiger charge is 2.12. The van der Waals surface area contributed by atoms with Crippen molar-refractivity contribution in [2.45, 2.75) is 6.54 Å². The largest absolute Gasteiger partial charge is 0.497 e. The number of anilines is 2. The van der Waals surface area contributed by atoms with E-state index in [9.17, 15) is 4.79 Å². The predicted molar refractivity (Wildman–Crippen MR) is 106 cm³/mol. The third-order valence-electron chi connectivity index (χ3n) is 4.26. The molecule has 6 nitrogen and oxygen atoms in total. The van der Waals surface area contributed by atoms with Crippen LogP contribution in [0.2, 0.25) is 0 Å². The molecule has 0 saturated carbocycles. The van der Waals surface area contributed by atoms with E-state index in [4.69, 9.17) is 4.74 Å². The van der Waals surface area contributed by atoms with Crippen molar-refractivity contribution in [2.24, 2.45) is 0 Å². The maximum absolute atomic E-state index is 13.1. The van der Waals surface area contributed by atoms with E-state index in [1.165, 1.54) is 0 Å². The lowest BCUT2D eigenvalue weighted by atomic mass is 10.2. The molecule has 2 aromatic carbocycles. The number of hydrogen-bond donors (Lipinski definition) is 1. The van der Waals surface area contributed by atoms with E-state index in [2.05, 4.69) is 15.3 Å². The number of aromatic nitrogens is 3. The molecule has 0 radical (unpaired) electrons. The zero-order valence-electron chi connectivity index (χ0n) is 14.8. The molecule has 0 atom stereocenters. The summed E-state index contributed by atoms with van der Waals surface area (Å²) in [5.41, 5.74) is 2.96. The van der Waals surface area contributed by atoms with E-state index in [-0.39, 0.29) is 11.4 Å². The Bertz CT molecular complexity index is 1140. The lowest BCUT2D eigenvalue weighted by Gasteiger charge is -2.13. The molecule has 4 rings (SSSR count). The fourth-order valence-corrected chi connectivity index (χ4v) is 2.93. The van der Waals surface area contributed by atoms with Crippen molar-refractivity contribution in [3.05, 3.63) is 89.0 Å². The Morgan fingerprint density at radius 3 is 2.74 bits per heavy atom. The van der Waals surface area contributed by atoms with Gasteiger partial charge in [0.25, 0.3) is 5.56 Å². The van der Waals surface area contributed by atoms with E-state index in [0.717, 1.165) is 11.3 Å². The molecule has 0 amide bonds. The molecule has 2 heterocycles. The standard InChI is InChI=1S/C21H18N4O2/c1-27-17-9-5-8-16(12-17)23-20-21(26)25(14-15-6-3-2-4-7-15)19-13-22-11-10-18(19)24-20/h2-13H,14H2,1H3,(H,23,24). The summed E-state index contributed by atoms with van der Waals surface area (Å²) in [6.07, 6.45) is 3.34. The van der Waals surface area contributed by atoms with Gasteiger partial charge < -0.3 is 10.1 Å². The van der Waals surface area contributed by atoms with Crippen molar-refractivity contribution in [3.8, 4) is 5.75 Å². The average molecular weight is 358 g/mol. The third-order valence-corrected chi connectivity index (χ3v) is 4.26. The van der Waals surface area contributed by atoms with Gasteiger partial charge in [-0.15, -0.1) is 0 Å². The van der Waals surface area contributed by atoms with Gasteiger partial charge >= 0.3 is 0 Å². The van der Waals surface area contributed by atoms with E-state index in [1.54, 1.807) is 30.1 Å². The van der Waals surface area contributed by atoms with Crippen LogP contribution in [0.1, 0.15) is 5.56 Å². The molecule has 1 N–H and O–H groups in total. The summed E-state index contributed by atoms with van der Waals surface area (Å²) >= 11 is 0. The summed E-state index contributed by atoms with van der Waals surface area (Å²) in [5.74, 6) is 0.965. The van der Waals surface area contributed by atoms with Gasteiger partial charge in [-0.1, -0.05) is 36.4 Å². The van der Waals surface area contributed by atoms with Crippen LogP contribution < -0.4 is 15.6 Å². The van der Waals surface area contributed by atoms with Crippen LogP contribution in [0, 0.1) is 0 Å². The second-order valence-corrected chi connectivity index (χ2v) is 6.06. The van der Waals surface area contributed by atoms with Gasteiger partial charge in [0.15, 0.2) is 5.82 Å². The normalized spacial score (nSPS) is 10.7. The van der Waals surface area contributed by atoms with Crippen LogP contribution >= 0.6 is 0 Å². The molecular formula is C21H18N4O2. The number of nitrogens with one attached hydrogen (secondary N) is 1. The van der Waals surface area contributed by atoms with Gasteiger partial charge in [-0.05, 0) is 23.8 Å². The molecule has 0 aliphatic carbocycles. The van der Waals surface area contributed by atoms with Gasteiger partial charge in [0, 0.05) is 18.0 Å². The maximum atomic E-state index is 13.1. The van der Waals surface area contributed by atoms with Gasteiger partial charge in [-0.25, -0.2) is 4.98 Å². The number of ether oxygens (including phenoxy) is 1. The van der Waals surface area contributed by atoms with Crippen molar-refractivity contribution in [1.82, 2.24) is 14.5 Å². The predicted octanol–water partition coefficient (Wildman–Crippen LogP) is 3.59. The lowest BCUT2D eigenvalue weighted by molar-refractivity contribution is 0.415. The van der Waals surface area contributed by atoms with Crippen LogP contribution in [0.3, 0.4) is 0 Å². The van der Waals surface area contributed by atoms with Crippen LogP contribution in [0.4, 0.5) is 11.5 Å². The first-order valence-electron chi connectivity index (χ1n) is 8.54. The van der Waals surface area contributed by atoms with E-state index < -0.39 is 0 Å². The first kappa shape index (κ1) is 16.8. The molecule has 134 valence electrons. The number of pyridine rings is 1.